The lowest BCUT2D eigenvalue weighted by Crippen LogP contribution is -2.33. The molecule has 104 valence electrons. The van der Waals surface area contributed by atoms with E-state index in [1.165, 1.54) is 0 Å². The summed E-state index contributed by atoms with van der Waals surface area (Å²) in [6.45, 7) is 5.46. The zero-order valence-electron chi connectivity index (χ0n) is 11.1. The number of hydrogen-bond acceptors (Lipinski definition) is 3. The molecule has 0 aromatic heterocycles. The number of hydrogen-bond donors (Lipinski definition) is 1. The molecule has 5 heteroatoms. The predicted octanol–water partition coefficient (Wildman–Crippen LogP) is 2.93. The minimum absolute atomic E-state index is 0.0573. The Morgan fingerprint density at radius 1 is 1.24 bits per heavy atom. The summed E-state index contributed by atoms with van der Waals surface area (Å²) >= 11 is 5.60. The number of rotatable bonds is 11. The second-order valence-corrected chi connectivity index (χ2v) is 5.12. The number of halogens is 2. The van der Waals surface area contributed by atoms with E-state index in [2.05, 4.69) is 4.84 Å². The van der Waals surface area contributed by atoms with E-state index in [4.69, 9.17) is 21.3 Å². The monoisotopic (exact) mass is 269 g/mol. The third kappa shape index (κ3) is 9.77. The van der Waals surface area contributed by atoms with Crippen molar-refractivity contribution in [2.24, 2.45) is 5.92 Å². The fourth-order valence-corrected chi connectivity index (χ4v) is 1.50. The van der Waals surface area contributed by atoms with Gasteiger partial charge < -0.3 is 9.47 Å². The van der Waals surface area contributed by atoms with Gasteiger partial charge in [-0.3, -0.25) is 4.39 Å². The second-order valence-electron chi connectivity index (χ2n) is 4.93. The molecule has 0 aliphatic rings. The van der Waals surface area contributed by atoms with Gasteiger partial charge in [0.05, 0.1) is 19.9 Å². The largest absolute Gasteiger partial charge is 0.382 e. The highest BCUT2D eigenvalue weighted by molar-refractivity contribution is 6.13. The van der Waals surface area contributed by atoms with Gasteiger partial charge in [0.1, 0.15) is 0 Å². The normalized spacial score (nSPS) is 13.9. The third-order valence-electron chi connectivity index (χ3n) is 2.75. The van der Waals surface area contributed by atoms with Crippen molar-refractivity contribution in [1.82, 2.24) is 4.84 Å². The molecule has 0 amide bonds. The van der Waals surface area contributed by atoms with E-state index < -0.39 is 0 Å². The molecule has 0 fully saturated rings. The maximum absolute atomic E-state index is 12.8. The molecule has 17 heavy (non-hydrogen) atoms. The molecular formula is C12H25ClFNO2. The van der Waals surface area contributed by atoms with Crippen molar-refractivity contribution in [2.75, 3.05) is 33.6 Å². The molecule has 1 N–H and O–H groups in total. The zero-order chi connectivity index (χ0) is 13.1. The maximum atomic E-state index is 12.8. The molecule has 0 heterocycles. The van der Waals surface area contributed by atoms with E-state index in [0.717, 1.165) is 19.3 Å². The summed E-state index contributed by atoms with van der Waals surface area (Å²) < 4.78 is 23.0. The zero-order valence-corrected chi connectivity index (χ0v) is 11.9. The molecule has 0 saturated heterocycles. The highest BCUT2D eigenvalue weighted by atomic mass is 35.5. The van der Waals surface area contributed by atoms with Crippen LogP contribution in [0.1, 0.15) is 33.1 Å². The van der Waals surface area contributed by atoms with Crippen molar-refractivity contribution < 1.29 is 13.9 Å². The van der Waals surface area contributed by atoms with Crippen LogP contribution in [0.15, 0.2) is 0 Å². The fraction of sp³-hybridized carbons (Fsp3) is 1.00. The van der Waals surface area contributed by atoms with E-state index in [0.29, 0.717) is 19.8 Å². The van der Waals surface area contributed by atoms with E-state index in [-0.39, 0.29) is 18.1 Å². The van der Waals surface area contributed by atoms with Crippen LogP contribution >= 0.6 is 11.8 Å². The highest BCUT2D eigenvalue weighted by Crippen LogP contribution is 2.19. The van der Waals surface area contributed by atoms with E-state index in [9.17, 15) is 4.39 Å². The molecule has 0 aromatic carbocycles. The van der Waals surface area contributed by atoms with Crippen LogP contribution in [0.5, 0.6) is 0 Å². The maximum Gasteiger partial charge on any atom is 0.0923 e. The third-order valence-corrected chi connectivity index (χ3v) is 3.27. The summed E-state index contributed by atoms with van der Waals surface area (Å²) in [5, 5.41) is 0. The highest BCUT2D eigenvalue weighted by Gasteiger charge is 2.18. The molecule has 0 spiro atoms. The first-order valence-corrected chi connectivity index (χ1v) is 6.44. The number of alkyl halides is 1. The standard InChI is InChI=1S/C12H25ClFNO2/c1-12(2,15-13)6-4-11(10-14)5-7-17-9-8-16-3/h11,15H,4-10H2,1-3H3. The van der Waals surface area contributed by atoms with Gasteiger partial charge in [-0.05, 0) is 50.8 Å². The Labute approximate surface area is 109 Å². The van der Waals surface area contributed by atoms with Crippen molar-refractivity contribution >= 4 is 11.8 Å². The topological polar surface area (TPSA) is 30.5 Å². The lowest BCUT2D eigenvalue weighted by Gasteiger charge is -2.24. The summed E-state index contributed by atoms with van der Waals surface area (Å²) in [6.07, 6.45) is 2.42. The van der Waals surface area contributed by atoms with Gasteiger partial charge >= 0.3 is 0 Å². The molecule has 3 nitrogen and oxygen atoms in total. The first-order chi connectivity index (χ1) is 8.05. The quantitative estimate of drug-likeness (QED) is 0.462. The lowest BCUT2D eigenvalue weighted by molar-refractivity contribution is 0.0608. The van der Waals surface area contributed by atoms with Crippen LogP contribution in [0, 0.1) is 5.92 Å². The average molecular weight is 270 g/mol. The predicted molar refractivity (Wildman–Crippen MR) is 69.1 cm³/mol. The van der Waals surface area contributed by atoms with E-state index in [1.807, 2.05) is 13.8 Å². The van der Waals surface area contributed by atoms with Crippen LogP contribution < -0.4 is 4.84 Å². The smallest absolute Gasteiger partial charge is 0.0923 e. The molecule has 0 rings (SSSR count). The van der Waals surface area contributed by atoms with Crippen LogP contribution in [0.2, 0.25) is 0 Å². The summed E-state index contributed by atoms with van der Waals surface area (Å²) in [5.41, 5.74) is -0.147. The first kappa shape index (κ1) is 17.1. The minimum Gasteiger partial charge on any atom is -0.382 e. The fourth-order valence-electron chi connectivity index (χ4n) is 1.41. The molecule has 0 aromatic rings. The number of nitrogens with one attached hydrogen (secondary N) is 1. The summed E-state index contributed by atoms with van der Waals surface area (Å²) in [6, 6.07) is 0. The summed E-state index contributed by atoms with van der Waals surface area (Å²) in [4.78, 5) is 2.71. The molecule has 0 bridgehead atoms. The summed E-state index contributed by atoms with van der Waals surface area (Å²) in [5.74, 6) is 0.0573. The molecule has 1 atom stereocenters. The lowest BCUT2D eigenvalue weighted by atomic mass is 9.92. The second kappa shape index (κ2) is 10.1. The van der Waals surface area contributed by atoms with Gasteiger partial charge in [-0.1, -0.05) is 0 Å². The Kier molecular flexibility index (Phi) is 10.1. The number of methoxy groups -OCH3 is 1. The van der Waals surface area contributed by atoms with Crippen molar-refractivity contribution in [2.45, 2.75) is 38.6 Å². The van der Waals surface area contributed by atoms with Crippen molar-refractivity contribution in [3.05, 3.63) is 0 Å². The van der Waals surface area contributed by atoms with Crippen LogP contribution in [-0.2, 0) is 9.47 Å². The van der Waals surface area contributed by atoms with Crippen molar-refractivity contribution in [3.63, 3.8) is 0 Å². The molecular weight excluding hydrogens is 245 g/mol. The Hall–Kier alpha value is 0.1000. The van der Waals surface area contributed by atoms with Gasteiger partial charge in [0.2, 0.25) is 0 Å². The molecule has 0 aliphatic carbocycles. The van der Waals surface area contributed by atoms with Crippen molar-refractivity contribution in [3.8, 4) is 0 Å². The van der Waals surface area contributed by atoms with Gasteiger partial charge in [-0.15, -0.1) is 0 Å². The Morgan fingerprint density at radius 3 is 2.47 bits per heavy atom. The molecule has 0 saturated carbocycles. The van der Waals surface area contributed by atoms with Crippen LogP contribution in [0.4, 0.5) is 4.39 Å². The van der Waals surface area contributed by atoms with Gasteiger partial charge in [0.25, 0.3) is 0 Å². The molecule has 0 aliphatic heterocycles. The average Bonchev–Trinajstić information content (AvgIpc) is 2.32. The minimum atomic E-state index is -0.300. The van der Waals surface area contributed by atoms with Gasteiger partial charge in [0, 0.05) is 19.3 Å². The Morgan fingerprint density at radius 2 is 1.94 bits per heavy atom. The van der Waals surface area contributed by atoms with E-state index in [1.54, 1.807) is 7.11 Å². The van der Waals surface area contributed by atoms with Gasteiger partial charge in [-0.25, -0.2) is 4.84 Å². The van der Waals surface area contributed by atoms with Gasteiger partial charge in [0.15, 0.2) is 0 Å². The first-order valence-electron chi connectivity index (χ1n) is 6.06. The van der Waals surface area contributed by atoms with Crippen LogP contribution in [-0.4, -0.2) is 39.1 Å². The van der Waals surface area contributed by atoms with Gasteiger partial charge in [-0.2, -0.15) is 0 Å². The Balaban J connectivity index is 3.62. The Bertz CT molecular complexity index is 182. The van der Waals surface area contributed by atoms with Crippen LogP contribution in [0.3, 0.4) is 0 Å². The SMILES string of the molecule is COCCOCCC(CF)CCC(C)(C)NCl. The molecule has 1 unspecified atom stereocenters. The van der Waals surface area contributed by atoms with Crippen LogP contribution in [0.25, 0.3) is 0 Å². The van der Waals surface area contributed by atoms with Crippen molar-refractivity contribution in [1.29, 1.82) is 0 Å². The number of ether oxygens (including phenoxy) is 2. The summed E-state index contributed by atoms with van der Waals surface area (Å²) in [7, 11) is 1.63. The molecule has 0 radical (unpaired) electrons. The van der Waals surface area contributed by atoms with E-state index >= 15 is 0 Å².